The topological polar surface area (TPSA) is 16.1 Å². The molecule has 104 valence electrons. The quantitative estimate of drug-likeness (QED) is 0.740. The number of alkyl halides is 1. The van der Waals surface area contributed by atoms with Crippen LogP contribution in [0.1, 0.15) is 44.2 Å². The van der Waals surface area contributed by atoms with E-state index in [9.17, 15) is 0 Å². The lowest BCUT2D eigenvalue weighted by Gasteiger charge is -2.44. The molecular formula is C15H20Cl2N2. The number of nitrogens with zero attached hydrogens (tertiary/aromatic N) is 2. The van der Waals surface area contributed by atoms with Gasteiger partial charge in [0.25, 0.3) is 0 Å². The maximum Gasteiger partial charge on any atom is 0.129 e. The van der Waals surface area contributed by atoms with Crippen LogP contribution in [-0.2, 0) is 5.88 Å². The third-order valence-corrected chi connectivity index (χ3v) is 5.17. The van der Waals surface area contributed by atoms with Gasteiger partial charge in [-0.2, -0.15) is 0 Å². The summed E-state index contributed by atoms with van der Waals surface area (Å²) in [6, 6.07) is 4.67. The van der Waals surface area contributed by atoms with Crippen molar-refractivity contribution >= 4 is 29.0 Å². The van der Waals surface area contributed by atoms with Gasteiger partial charge in [0.1, 0.15) is 5.82 Å². The van der Waals surface area contributed by atoms with Crippen LogP contribution >= 0.6 is 23.2 Å². The fourth-order valence-electron chi connectivity index (χ4n) is 3.64. The van der Waals surface area contributed by atoms with Crippen LogP contribution in [0, 0.1) is 5.92 Å². The second-order valence-corrected chi connectivity index (χ2v) is 6.35. The van der Waals surface area contributed by atoms with Gasteiger partial charge in [-0.05, 0) is 43.7 Å². The number of piperidine rings is 1. The average Bonchev–Trinajstić information content (AvgIpc) is 2.47. The summed E-state index contributed by atoms with van der Waals surface area (Å²) in [5, 5.41) is 0.677. The molecule has 2 aliphatic rings. The van der Waals surface area contributed by atoms with Crippen LogP contribution in [0.25, 0.3) is 0 Å². The zero-order valence-corrected chi connectivity index (χ0v) is 12.6. The maximum atomic E-state index is 6.11. The Morgan fingerprint density at radius 3 is 2.79 bits per heavy atom. The highest BCUT2D eigenvalue weighted by Gasteiger charge is 2.33. The third-order valence-electron chi connectivity index (χ3n) is 4.57. The number of hydrogen-bond acceptors (Lipinski definition) is 2. The summed E-state index contributed by atoms with van der Waals surface area (Å²) < 4.78 is 0. The Hall–Kier alpha value is -0.470. The van der Waals surface area contributed by atoms with Crippen LogP contribution < -0.4 is 4.90 Å². The Bertz CT molecular complexity index is 448. The van der Waals surface area contributed by atoms with Crippen molar-refractivity contribution < 1.29 is 0 Å². The minimum absolute atomic E-state index is 0.384. The second-order valence-electron chi connectivity index (χ2n) is 5.68. The first-order valence-electron chi connectivity index (χ1n) is 7.27. The molecule has 4 heteroatoms. The highest BCUT2D eigenvalue weighted by molar-refractivity contribution is 6.32. The summed E-state index contributed by atoms with van der Waals surface area (Å²) >= 11 is 12.0. The Balaban J connectivity index is 1.87. The van der Waals surface area contributed by atoms with Crippen molar-refractivity contribution in [3.05, 3.63) is 22.8 Å². The minimum Gasteiger partial charge on any atom is -0.353 e. The lowest BCUT2D eigenvalue weighted by Crippen LogP contribution is -2.47. The molecule has 2 heterocycles. The molecule has 1 saturated heterocycles. The van der Waals surface area contributed by atoms with Crippen LogP contribution in [-0.4, -0.2) is 17.6 Å². The molecule has 1 aromatic heterocycles. The van der Waals surface area contributed by atoms with Gasteiger partial charge < -0.3 is 4.90 Å². The highest BCUT2D eigenvalue weighted by atomic mass is 35.5. The second kappa shape index (κ2) is 5.88. The normalized spacial score (nSPS) is 27.2. The monoisotopic (exact) mass is 298 g/mol. The van der Waals surface area contributed by atoms with E-state index >= 15 is 0 Å². The Morgan fingerprint density at radius 1 is 1.16 bits per heavy atom. The van der Waals surface area contributed by atoms with Crippen molar-refractivity contribution in [2.45, 2.75) is 50.4 Å². The predicted molar refractivity (Wildman–Crippen MR) is 81.1 cm³/mol. The molecule has 0 N–H and O–H groups in total. The van der Waals surface area contributed by atoms with Crippen molar-refractivity contribution in [3.63, 3.8) is 0 Å². The van der Waals surface area contributed by atoms with Crippen LogP contribution in [0.4, 0.5) is 5.82 Å². The standard InChI is InChI=1S/C15H20Cl2N2/c16-10-13-12(17)7-8-15(18-13)19-9-3-5-11-4-1-2-6-14(11)19/h7-8,11,14H,1-6,9-10H2/t11-,14-/m1/s1. The first-order chi connectivity index (χ1) is 9.29. The predicted octanol–water partition coefficient (Wildman–Crippen LogP) is 4.63. The first-order valence-corrected chi connectivity index (χ1v) is 8.19. The van der Waals surface area contributed by atoms with E-state index in [0.717, 1.165) is 24.0 Å². The van der Waals surface area contributed by atoms with Crippen molar-refractivity contribution in [2.75, 3.05) is 11.4 Å². The van der Waals surface area contributed by atoms with Gasteiger partial charge in [-0.25, -0.2) is 4.98 Å². The number of halogens is 2. The van der Waals surface area contributed by atoms with Gasteiger partial charge >= 0.3 is 0 Å². The van der Waals surface area contributed by atoms with Gasteiger partial charge in [0.15, 0.2) is 0 Å². The molecule has 3 rings (SSSR count). The molecule has 0 aromatic carbocycles. The van der Waals surface area contributed by atoms with Crippen LogP contribution in [0.15, 0.2) is 12.1 Å². The fraction of sp³-hybridized carbons (Fsp3) is 0.667. The summed E-state index contributed by atoms with van der Waals surface area (Å²) in [6.45, 7) is 1.12. The Morgan fingerprint density at radius 2 is 1.95 bits per heavy atom. The molecule has 0 bridgehead atoms. The van der Waals surface area contributed by atoms with E-state index in [1.807, 2.05) is 6.07 Å². The Labute approximate surface area is 125 Å². The number of fused-ring (bicyclic) bond motifs is 1. The van der Waals surface area contributed by atoms with E-state index in [-0.39, 0.29) is 0 Å². The van der Waals surface area contributed by atoms with Crippen LogP contribution in [0.5, 0.6) is 0 Å². The average molecular weight is 299 g/mol. The molecule has 0 radical (unpaired) electrons. The lowest BCUT2D eigenvalue weighted by molar-refractivity contribution is 0.242. The van der Waals surface area contributed by atoms with E-state index in [0.29, 0.717) is 16.9 Å². The molecule has 2 fully saturated rings. The highest BCUT2D eigenvalue weighted by Crippen LogP contribution is 2.37. The largest absolute Gasteiger partial charge is 0.353 e. The number of hydrogen-bond donors (Lipinski definition) is 0. The number of rotatable bonds is 2. The zero-order chi connectivity index (χ0) is 13.2. The molecule has 19 heavy (non-hydrogen) atoms. The molecule has 1 aliphatic carbocycles. The van der Waals surface area contributed by atoms with Gasteiger partial charge in [0.05, 0.1) is 16.6 Å². The Kier molecular flexibility index (Phi) is 4.18. The van der Waals surface area contributed by atoms with E-state index in [4.69, 9.17) is 23.2 Å². The number of aromatic nitrogens is 1. The summed E-state index contributed by atoms with van der Waals surface area (Å²) in [6.07, 6.45) is 8.12. The summed E-state index contributed by atoms with van der Waals surface area (Å²) in [7, 11) is 0. The molecule has 2 nitrogen and oxygen atoms in total. The summed E-state index contributed by atoms with van der Waals surface area (Å²) in [5.74, 6) is 2.31. The van der Waals surface area contributed by atoms with Gasteiger partial charge in [-0.15, -0.1) is 11.6 Å². The first kappa shape index (κ1) is 13.5. The lowest BCUT2D eigenvalue weighted by atomic mass is 9.78. The SMILES string of the molecule is ClCc1nc(N2CCC[C@H]3CCCC[C@H]32)ccc1Cl. The van der Waals surface area contributed by atoms with E-state index in [2.05, 4.69) is 16.0 Å². The van der Waals surface area contributed by atoms with Crippen molar-refractivity contribution in [3.8, 4) is 0 Å². The molecule has 2 atom stereocenters. The van der Waals surface area contributed by atoms with Gasteiger partial charge in [-0.3, -0.25) is 0 Å². The maximum absolute atomic E-state index is 6.11. The molecule has 0 amide bonds. The van der Waals surface area contributed by atoms with Gasteiger partial charge in [0, 0.05) is 12.6 Å². The van der Waals surface area contributed by atoms with Crippen molar-refractivity contribution in [1.82, 2.24) is 4.98 Å². The minimum atomic E-state index is 0.384. The summed E-state index contributed by atoms with van der Waals surface area (Å²) in [5.41, 5.74) is 0.804. The van der Waals surface area contributed by atoms with Gasteiger partial charge in [0.2, 0.25) is 0 Å². The molecule has 1 aliphatic heterocycles. The van der Waals surface area contributed by atoms with Crippen molar-refractivity contribution in [1.29, 1.82) is 0 Å². The molecule has 1 saturated carbocycles. The molecule has 1 aromatic rings. The number of anilines is 1. The zero-order valence-electron chi connectivity index (χ0n) is 11.1. The van der Waals surface area contributed by atoms with E-state index < -0.39 is 0 Å². The van der Waals surface area contributed by atoms with Crippen LogP contribution in [0.3, 0.4) is 0 Å². The van der Waals surface area contributed by atoms with Crippen molar-refractivity contribution in [2.24, 2.45) is 5.92 Å². The molecule has 0 unspecified atom stereocenters. The third kappa shape index (κ3) is 2.71. The molecule has 0 spiro atoms. The summed E-state index contributed by atoms with van der Waals surface area (Å²) in [4.78, 5) is 7.17. The number of pyridine rings is 1. The van der Waals surface area contributed by atoms with Gasteiger partial charge in [-0.1, -0.05) is 24.4 Å². The molecular weight excluding hydrogens is 279 g/mol. The van der Waals surface area contributed by atoms with E-state index in [1.54, 1.807) is 0 Å². The fourth-order valence-corrected chi connectivity index (χ4v) is 4.08. The smallest absolute Gasteiger partial charge is 0.129 e. The van der Waals surface area contributed by atoms with Crippen LogP contribution in [0.2, 0.25) is 5.02 Å². The van der Waals surface area contributed by atoms with E-state index in [1.165, 1.54) is 38.5 Å².